The SMILES string of the molecule is CC.CCC(C)CC(C)(C)N(C)C. The molecule has 0 aromatic rings. The Kier molecular flexibility index (Phi) is 8.75. The van der Waals surface area contributed by atoms with Gasteiger partial charge in [-0.3, -0.25) is 0 Å². The quantitative estimate of drug-likeness (QED) is 0.647. The van der Waals surface area contributed by atoms with E-state index in [1.54, 1.807) is 0 Å². The molecule has 0 fully saturated rings. The normalized spacial score (nSPS) is 13.6. The van der Waals surface area contributed by atoms with E-state index in [-0.39, 0.29) is 0 Å². The Morgan fingerprint density at radius 2 is 1.54 bits per heavy atom. The topological polar surface area (TPSA) is 3.24 Å². The molecule has 0 rings (SSSR count). The molecule has 1 atom stereocenters. The molecule has 82 valence electrons. The van der Waals surface area contributed by atoms with Gasteiger partial charge in [0.1, 0.15) is 0 Å². The third-order valence-corrected chi connectivity index (χ3v) is 2.76. The highest BCUT2D eigenvalue weighted by molar-refractivity contribution is 4.78. The van der Waals surface area contributed by atoms with Crippen molar-refractivity contribution in [3.63, 3.8) is 0 Å². The van der Waals surface area contributed by atoms with E-state index >= 15 is 0 Å². The van der Waals surface area contributed by atoms with Crippen LogP contribution in [0.4, 0.5) is 0 Å². The van der Waals surface area contributed by atoms with Crippen molar-refractivity contribution in [3.05, 3.63) is 0 Å². The monoisotopic (exact) mass is 187 g/mol. The van der Waals surface area contributed by atoms with Gasteiger partial charge in [-0.2, -0.15) is 0 Å². The minimum atomic E-state index is 0.357. The number of rotatable bonds is 4. The van der Waals surface area contributed by atoms with Crippen molar-refractivity contribution in [2.45, 2.75) is 59.9 Å². The van der Waals surface area contributed by atoms with Crippen molar-refractivity contribution in [2.75, 3.05) is 14.1 Å². The lowest BCUT2D eigenvalue weighted by atomic mass is 9.89. The maximum absolute atomic E-state index is 2.32. The van der Waals surface area contributed by atoms with Gasteiger partial charge in [0.05, 0.1) is 0 Å². The Morgan fingerprint density at radius 1 is 1.15 bits per heavy atom. The molecule has 0 aromatic carbocycles. The summed E-state index contributed by atoms with van der Waals surface area (Å²) in [7, 11) is 4.31. The third-order valence-electron chi connectivity index (χ3n) is 2.76. The smallest absolute Gasteiger partial charge is 0.0149 e. The molecule has 0 bridgehead atoms. The Balaban J connectivity index is 0. The van der Waals surface area contributed by atoms with Gasteiger partial charge in [-0.1, -0.05) is 34.1 Å². The average Bonchev–Trinajstić information content (AvgIpc) is 2.07. The lowest BCUT2D eigenvalue weighted by molar-refractivity contribution is 0.157. The molecule has 0 aromatic heterocycles. The molecule has 13 heavy (non-hydrogen) atoms. The fourth-order valence-corrected chi connectivity index (χ4v) is 1.18. The highest BCUT2D eigenvalue weighted by Crippen LogP contribution is 2.22. The van der Waals surface area contributed by atoms with Crippen LogP contribution in [0.1, 0.15) is 54.4 Å². The second-order valence-corrected chi connectivity index (χ2v) is 4.42. The van der Waals surface area contributed by atoms with Gasteiger partial charge >= 0.3 is 0 Å². The minimum Gasteiger partial charge on any atom is -0.304 e. The molecule has 0 aliphatic rings. The highest BCUT2D eigenvalue weighted by Gasteiger charge is 2.22. The Morgan fingerprint density at radius 3 is 1.77 bits per heavy atom. The van der Waals surface area contributed by atoms with Crippen molar-refractivity contribution in [3.8, 4) is 0 Å². The van der Waals surface area contributed by atoms with Crippen molar-refractivity contribution < 1.29 is 0 Å². The van der Waals surface area contributed by atoms with Crippen LogP contribution in [0.25, 0.3) is 0 Å². The molecule has 0 spiro atoms. The summed E-state index contributed by atoms with van der Waals surface area (Å²) in [5.74, 6) is 0.840. The fraction of sp³-hybridized carbons (Fsp3) is 1.00. The molecule has 1 nitrogen and oxygen atoms in total. The number of hydrogen-bond acceptors (Lipinski definition) is 1. The van der Waals surface area contributed by atoms with Crippen molar-refractivity contribution in [2.24, 2.45) is 5.92 Å². The predicted molar refractivity (Wildman–Crippen MR) is 63.2 cm³/mol. The summed E-state index contributed by atoms with van der Waals surface area (Å²) in [4.78, 5) is 2.30. The molecule has 0 aliphatic carbocycles. The largest absolute Gasteiger partial charge is 0.304 e. The third kappa shape index (κ3) is 7.06. The summed E-state index contributed by atoms with van der Waals surface area (Å²) >= 11 is 0. The van der Waals surface area contributed by atoms with E-state index in [1.165, 1.54) is 12.8 Å². The van der Waals surface area contributed by atoms with Crippen LogP contribution in [-0.4, -0.2) is 24.5 Å². The summed E-state index contributed by atoms with van der Waals surface area (Å²) in [6.45, 7) is 13.2. The van der Waals surface area contributed by atoms with Crippen LogP contribution in [0.5, 0.6) is 0 Å². The molecule has 0 N–H and O–H groups in total. The van der Waals surface area contributed by atoms with Crippen LogP contribution in [0, 0.1) is 5.92 Å². The lowest BCUT2D eigenvalue weighted by Crippen LogP contribution is -2.39. The highest BCUT2D eigenvalue weighted by atomic mass is 15.1. The summed E-state index contributed by atoms with van der Waals surface area (Å²) in [6, 6.07) is 0. The van der Waals surface area contributed by atoms with E-state index in [1.807, 2.05) is 13.8 Å². The van der Waals surface area contributed by atoms with E-state index < -0.39 is 0 Å². The van der Waals surface area contributed by atoms with E-state index in [0.29, 0.717) is 5.54 Å². The average molecular weight is 187 g/mol. The Hall–Kier alpha value is -0.0400. The second-order valence-electron chi connectivity index (χ2n) is 4.42. The van der Waals surface area contributed by atoms with Gasteiger partial charge in [-0.05, 0) is 40.3 Å². The summed E-state index contributed by atoms with van der Waals surface area (Å²) in [5, 5.41) is 0. The maximum Gasteiger partial charge on any atom is 0.0149 e. The zero-order chi connectivity index (χ0) is 11.1. The molecule has 0 radical (unpaired) electrons. The summed E-state index contributed by atoms with van der Waals surface area (Å²) in [6.07, 6.45) is 2.58. The molecule has 1 heteroatoms. The first kappa shape index (κ1) is 15.4. The van der Waals surface area contributed by atoms with Crippen LogP contribution in [0.3, 0.4) is 0 Å². The van der Waals surface area contributed by atoms with Gasteiger partial charge in [-0.15, -0.1) is 0 Å². The van der Waals surface area contributed by atoms with Crippen LogP contribution in [0.15, 0.2) is 0 Å². The van der Waals surface area contributed by atoms with Crippen molar-refractivity contribution in [1.82, 2.24) is 4.90 Å². The zero-order valence-corrected chi connectivity index (χ0v) is 10.9. The van der Waals surface area contributed by atoms with Crippen LogP contribution in [-0.2, 0) is 0 Å². The van der Waals surface area contributed by atoms with Gasteiger partial charge < -0.3 is 4.90 Å². The lowest BCUT2D eigenvalue weighted by Gasteiger charge is -2.34. The zero-order valence-electron chi connectivity index (χ0n) is 10.9. The Bertz CT molecular complexity index is 106. The second kappa shape index (κ2) is 7.37. The summed E-state index contributed by atoms with van der Waals surface area (Å²) in [5.41, 5.74) is 0.357. The first-order valence-electron chi connectivity index (χ1n) is 5.57. The summed E-state index contributed by atoms with van der Waals surface area (Å²) < 4.78 is 0. The minimum absolute atomic E-state index is 0.357. The molecule has 0 saturated carbocycles. The van der Waals surface area contributed by atoms with E-state index in [4.69, 9.17) is 0 Å². The van der Waals surface area contributed by atoms with Gasteiger partial charge in [0.15, 0.2) is 0 Å². The first-order chi connectivity index (χ1) is 5.90. The van der Waals surface area contributed by atoms with Crippen LogP contribution >= 0.6 is 0 Å². The molecule has 0 saturated heterocycles. The van der Waals surface area contributed by atoms with Gasteiger partial charge in [-0.25, -0.2) is 0 Å². The number of hydrogen-bond donors (Lipinski definition) is 0. The number of nitrogens with zero attached hydrogens (tertiary/aromatic N) is 1. The van der Waals surface area contributed by atoms with Crippen LogP contribution in [0.2, 0.25) is 0 Å². The maximum atomic E-state index is 2.32. The standard InChI is InChI=1S/C10H23N.C2H6/c1-7-9(2)8-10(3,4)11(5)6;1-2/h9H,7-8H2,1-6H3;1-2H3. The molecule has 0 aliphatic heterocycles. The van der Waals surface area contributed by atoms with E-state index in [9.17, 15) is 0 Å². The van der Waals surface area contributed by atoms with E-state index in [0.717, 1.165) is 5.92 Å². The molecule has 1 unspecified atom stereocenters. The molecular weight excluding hydrogens is 158 g/mol. The molecule has 0 amide bonds. The Labute approximate surface area is 85.5 Å². The molecular formula is C12H29N. The predicted octanol–water partition coefficient (Wildman–Crippen LogP) is 3.79. The first-order valence-corrected chi connectivity index (χ1v) is 5.57. The van der Waals surface area contributed by atoms with Gasteiger partial charge in [0.2, 0.25) is 0 Å². The van der Waals surface area contributed by atoms with Crippen LogP contribution < -0.4 is 0 Å². The van der Waals surface area contributed by atoms with Gasteiger partial charge in [0, 0.05) is 5.54 Å². The van der Waals surface area contributed by atoms with Crippen molar-refractivity contribution in [1.29, 1.82) is 0 Å². The van der Waals surface area contributed by atoms with Gasteiger partial charge in [0.25, 0.3) is 0 Å². The fourth-order valence-electron chi connectivity index (χ4n) is 1.18. The van der Waals surface area contributed by atoms with Crippen molar-refractivity contribution >= 4 is 0 Å². The molecule has 0 heterocycles. The van der Waals surface area contributed by atoms with E-state index in [2.05, 4.69) is 46.7 Å².